The first-order valence-corrected chi connectivity index (χ1v) is 8.29. The van der Waals surface area contributed by atoms with Crippen LogP contribution in [-0.2, 0) is 11.3 Å². The van der Waals surface area contributed by atoms with Gasteiger partial charge in [-0.15, -0.1) is 0 Å². The molecule has 2 aromatic rings. The maximum atomic E-state index is 12.7. The summed E-state index contributed by atoms with van der Waals surface area (Å²) in [6.07, 6.45) is 1.05. The zero-order valence-electron chi connectivity index (χ0n) is 14.0. The summed E-state index contributed by atoms with van der Waals surface area (Å²) in [6, 6.07) is 7.20. The first-order chi connectivity index (χ1) is 12.0. The Labute approximate surface area is 144 Å². The Balaban J connectivity index is 2.20. The lowest BCUT2D eigenvalue weighted by Gasteiger charge is -2.32. The molecule has 0 saturated carbocycles. The van der Waals surface area contributed by atoms with Crippen molar-refractivity contribution in [1.82, 2.24) is 4.57 Å². The number of carbonyl (C=O) groups is 1. The Kier molecular flexibility index (Phi) is 4.43. The van der Waals surface area contributed by atoms with E-state index in [4.69, 9.17) is 5.73 Å². The predicted octanol–water partition coefficient (Wildman–Crippen LogP) is 1.63. The number of aryl methyl sites for hydroxylation is 1. The maximum Gasteiger partial charge on any atom is 0.357 e. The highest BCUT2D eigenvalue weighted by Gasteiger charge is 2.32. The van der Waals surface area contributed by atoms with Gasteiger partial charge in [-0.05, 0) is 25.8 Å². The average molecular weight is 344 g/mol. The van der Waals surface area contributed by atoms with Gasteiger partial charge >= 0.3 is 11.2 Å². The smallest absolute Gasteiger partial charge is 0.357 e. The van der Waals surface area contributed by atoms with Crippen LogP contribution in [-0.4, -0.2) is 28.5 Å². The molecule has 2 N–H and O–H groups in total. The number of aromatic nitrogens is 1. The van der Waals surface area contributed by atoms with Gasteiger partial charge in [-0.2, -0.15) is 0 Å². The van der Waals surface area contributed by atoms with E-state index in [0.717, 1.165) is 0 Å². The summed E-state index contributed by atoms with van der Waals surface area (Å²) in [4.78, 5) is 37.0. The number of pyridine rings is 1. The van der Waals surface area contributed by atoms with Crippen LogP contribution < -0.4 is 16.2 Å². The van der Waals surface area contributed by atoms with Crippen LogP contribution in [0.2, 0.25) is 0 Å². The third kappa shape index (κ3) is 2.84. The summed E-state index contributed by atoms with van der Waals surface area (Å²) < 4.78 is 1.42. The van der Waals surface area contributed by atoms with Crippen LogP contribution in [0.3, 0.4) is 0 Å². The lowest BCUT2D eigenvalue weighted by atomic mass is 9.95. The average Bonchev–Trinajstić information content (AvgIpc) is 2.60. The highest BCUT2D eigenvalue weighted by atomic mass is 16.6. The monoisotopic (exact) mass is 344 g/mol. The molecule has 0 atom stereocenters. The van der Waals surface area contributed by atoms with E-state index in [2.05, 4.69) is 0 Å². The first-order valence-electron chi connectivity index (χ1n) is 8.29. The molecule has 0 unspecified atom stereocenters. The summed E-state index contributed by atoms with van der Waals surface area (Å²) in [5.74, 6) is -0.571. The number of anilines is 1. The van der Waals surface area contributed by atoms with Gasteiger partial charge in [-0.25, -0.2) is 0 Å². The number of hydrogen-bond acceptors (Lipinski definition) is 5. The number of para-hydroxylation sites is 1. The number of amides is 1. The number of hydrogen-bond donors (Lipinski definition) is 1. The molecule has 1 amide bonds. The fourth-order valence-corrected chi connectivity index (χ4v) is 3.56. The van der Waals surface area contributed by atoms with Gasteiger partial charge in [0.15, 0.2) is 0 Å². The molecule has 2 heterocycles. The fraction of sp³-hybridized carbons (Fsp3) is 0.412. The minimum atomic E-state index is -0.601. The molecule has 8 nitrogen and oxygen atoms in total. The van der Waals surface area contributed by atoms with E-state index in [9.17, 15) is 19.7 Å². The molecule has 1 aliphatic rings. The van der Waals surface area contributed by atoms with E-state index in [1.165, 1.54) is 4.57 Å². The summed E-state index contributed by atoms with van der Waals surface area (Å²) >= 11 is 0. The summed E-state index contributed by atoms with van der Waals surface area (Å²) in [5, 5.41) is 12.3. The van der Waals surface area contributed by atoms with Crippen LogP contribution in [0.4, 0.5) is 11.4 Å². The fourth-order valence-electron chi connectivity index (χ4n) is 3.56. The normalized spacial score (nSPS) is 15.5. The van der Waals surface area contributed by atoms with Gasteiger partial charge in [0.1, 0.15) is 5.69 Å². The van der Waals surface area contributed by atoms with Crippen molar-refractivity contribution in [2.24, 2.45) is 11.7 Å². The number of nitrogens with zero attached hydrogens (tertiary/aromatic N) is 3. The van der Waals surface area contributed by atoms with E-state index in [1.807, 2.05) is 11.0 Å². The van der Waals surface area contributed by atoms with Gasteiger partial charge in [-0.1, -0.05) is 18.2 Å². The van der Waals surface area contributed by atoms with Gasteiger partial charge in [-0.3, -0.25) is 19.7 Å². The quantitative estimate of drug-likeness (QED) is 0.669. The van der Waals surface area contributed by atoms with E-state index >= 15 is 0 Å². The van der Waals surface area contributed by atoms with Crippen molar-refractivity contribution >= 4 is 28.2 Å². The Hall–Kier alpha value is -2.90. The van der Waals surface area contributed by atoms with Crippen LogP contribution in [0.1, 0.15) is 19.8 Å². The van der Waals surface area contributed by atoms with Crippen molar-refractivity contribution < 1.29 is 9.72 Å². The molecule has 3 rings (SSSR count). The maximum absolute atomic E-state index is 12.7. The lowest BCUT2D eigenvalue weighted by Crippen LogP contribution is -2.40. The number of piperidine rings is 1. The second-order valence-electron chi connectivity index (χ2n) is 6.18. The van der Waals surface area contributed by atoms with E-state index < -0.39 is 16.2 Å². The number of benzene rings is 1. The van der Waals surface area contributed by atoms with E-state index in [0.29, 0.717) is 49.1 Å². The molecule has 1 aromatic carbocycles. The van der Waals surface area contributed by atoms with Gasteiger partial charge in [0.25, 0.3) is 0 Å². The highest BCUT2D eigenvalue weighted by Crippen LogP contribution is 2.35. The Morgan fingerprint density at radius 1 is 1.32 bits per heavy atom. The Morgan fingerprint density at radius 2 is 1.96 bits per heavy atom. The highest BCUT2D eigenvalue weighted by molar-refractivity contribution is 5.96. The molecule has 1 fully saturated rings. The topological polar surface area (TPSA) is 111 Å². The van der Waals surface area contributed by atoms with Gasteiger partial charge in [0.05, 0.1) is 10.4 Å². The molecule has 1 saturated heterocycles. The number of rotatable bonds is 4. The second-order valence-corrected chi connectivity index (χ2v) is 6.18. The van der Waals surface area contributed by atoms with Crippen molar-refractivity contribution in [3.8, 4) is 0 Å². The van der Waals surface area contributed by atoms with Crippen LogP contribution in [0.15, 0.2) is 29.1 Å². The van der Waals surface area contributed by atoms with E-state index in [1.54, 1.807) is 25.1 Å². The SMILES string of the molecule is CCn1c(=O)c([N+](=O)[O-])c(N2CCC(C(N)=O)CC2)c2ccccc21. The molecule has 132 valence electrons. The third-order valence-electron chi connectivity index (χ3n) is 4.83. The van der Waals surface area contributed by atoms with Crippen LogP contribution >= 0.6 is 0 Å². The lowest BCUT2D eigenvalue weighted by molar-refractivity contribution is -0.385. The summed E-state index contributed by atoms with van der Waals surface area (Å²) in [5.41, 5.74) is 5.38. The number of carbonyl (C=O) groups excluding carboxylic acids is 1. The molecule has 0 spiro atoms. The van der Waals surface area contributed by atoms with Crippen molar-refractivity contribution in [2.75, 3.05) is 18.0 Å². The molecular weight excluding hydrogens is 324 g/mol. The summed E-state index contributed by atoms with van der Waals surface area (Å²) in [7, 11) is 0. The second kappa shape index (κ2) is 6.54. The van der Waals surface area contributed by atoms with Crippen LogP contribution in [0.5, 0.6) is 0 Å². The van der Waals surface area contributed by atoms with Crippen molar-refractivity contribution in [1.29, 1.82) is 0 Å². The standard InChI is InChI=1S/C17H20N4O4/c1-2-20-13-6-4-3-5-12(13)14(15(17(20)23)21(24)25)19-9-7-11(8-10-19)16(18)22/h3-6,11H,2,7-10H2,1H3,(H2,18,22). The molecule has 1 aliphatic heterocycles. The number of fused-ring (bicyclic) bond motifs is 1. The first kappa shape index (κ1) is 16.9. The summed E-state index contributed by atoms with van der Waals surface area (Å²) in [6.45, 7) is 3.04. The molecule has 1 aromatic heterocycles. The Morgan fingerprint density at radius 3 is 2.52 bits per heavy atom. The van der Waals surface area contributed by atoms with Crippen molar-refractivity contribution in [2.45, 2.75) is 26.3 Å². The number of primary amides is 1. The molecule has 8 heteroatoms. The molecule has 25 heavy (non-hydrogen) atoms. The largest absolute Gasteiger partial charge is 0.369 e. The zero-order valence-corrected chi connectivity index (χ0v) is 14.0. The molecule has 0 bridgehead atoms. The minimum absolute atomic E-state index is 0.224. The number of nitrogens with two attached hydrogens (primary N) is 1. The minimum Gasteiger partial charge on any atom is -0.369 e. The van der Waals surface area contributed by atoms with Crippen LogP contribution in [0, 0.1) is 16.0 Å². The molecule has 0 radical (unpaired) electrons. The predicted molar refractivity (Wildman–Crippen MR) is 94.7 cm³/mol. The van der Waals surface area contributed by atoms with Gasteiger partial charge < -0.3 is 15.2 Å². The van der Waals surface area contributed by atoms with Gasteiger partial charge in [0.2, 0.25) is 5.91 Å². The van der Waals surface area contributed by atoms with E-state index in [-0.39, 0.29) is 11.8 Å². The third-order valence-corrected chi connectivity index (χ3v) is 4.83. The van der Waals surface area contributed by atoms with Crippen molar-refractivity contribution in [3.05, 3.63) is 44.7 Å². The molecule has 0 aliphatic carbocycles. The zero-order chi connectivity index (χ0) is 18.1. The molecular formula is C17H20N4O4. The van der Waals surface area contributed by atoms with Crippen molar-refractivity contribution in [3.63, 3.8) is 0 Å². The van der Waals surface area contributed by atoms with Crippen LogP contribution in [0.25, 0.3) is 10.9 Å². The Bertz CT molecular complexity index is 897. The number of nitro groups is 1. The van der Waals surface area contributed by atoms with Gasteiger partial charge in [0, 0.05) is 30.9 Å².